The van der Waals surface area contributed by atoms with Crippen molar-refractivity contribution in [3.63, 3.8) is 0 Å². The number of amides is 2. The van der Waals surface area contributed by atoms with Gasteiger partial charge in [0.05, 0.1) is 55.4 Å². The molecule has 0 bridgehead atoms. The van der Waals surface area contributed by atoms with Gasteiger partial charge in [0.1, 0.15) is 18.1 Å². The van der Waals surface area contributed by atoms with Gasteiger partial charge in [-0.15, -0.1) is 0 Å². The van der Waals surface area contributed by atoms with Crippen LogP contribution in [0, 0.1) is 0 Å². The van der Waals surface area contributed by atoms with E-state index >= 15 is 0 Å². The monoisotopic (exact) mass is 816 g/mol. The number of fused-ring (bicyclic) bond motifs is 1. The Morgan fingerprint density at radius 1 is 0.914 bits per heavy atom. The second-order valence-corrected chi connectivity index (χ2v) is 12.7. The van der Waals surface area contributed by atoms with Crippen molar-refractivity contribution in [2.45, 2.75) is 63.8 Å². The van der Waals surface area contributed by atoms with Gasteiger partial charge in [0.15, 0.2) is 0 Å². The number of rotatable bonds is 12. The first-order chi connectivity index (χ1) is 27.6. The van der Waals surface area contributed by atoms with E-state index in [2.05, 4.69) is 25.6 Å². The lowest BCUT2D eigenvalue weighted by molar-refractivity contribution is -0.143. The summed E-state index contributed by atoms with van der Waals surface area (Å²) in [6, 6.07) is 9.86. The fourth-order valence-corrected chi connectivity index (χ4v) is 6.18. The number of alkyl halides is 6. The molecule has 2 N–H and O–H groups in total. The van der Waals surface area contributed by atoms with E-state index in [1.807, 2.05) is 0 Å². The van der Waals surface area contributed by atoms with Crippen LogP contribution in [0.5, 0.6) is 5.88 Å². The molecule has 0 spiro atoms. The molecule has 2 aromatic carbocycles. The summed E-state index contributed by atoms with van der Waals surface area (Å²) in [5, 5.41) is 5.41. The molecule has 1 unspecified atom stereocenters. The largest absolute Gasteiger partial charge is 0.481 e. The highest BCUT2D eigenvalue weighted by Gasteiger charge is 2.41. The normalized spacial score (nSPS) is 16.2. The van der Waals surface area contributed by atoms with E-state index in [4.69, 9.17) is 18.9 Å². The van der Waals surface area contributed by atoms with Crippen molar-refractivity contribution >= 4 is 29.9 Å². The number of methoxy groups -OCH3 is 2. The first-order valence-electron chi connectivity index (χ1n) is 17.7. The summed E-state index contributed by atoms with van der Waals surface area (Å²) < 4.78 is 105. The molecule has 308 valence electrons. The van der Waals surface area contributed by atoms with Crippen molar-refractivity contribution < 1.29 is 59.7 Å². The quantitative estimate of drug-likeness (QED) is 0.0621. The summed E-state index contributed by atoms with van der Waals surface area (Å²) in [6.45, 7) is 3.37. The maximum atomic E-state index is 14.1. The van der Waals surface area contributed by atoms with Gasteiger partial charge in [0.2, 0.25) is 5.88 Å². The van der Waals surface area contributed by atoms with E-state index in [1.54, 1.807) is 50.2 Å². The lowest BCUT2D eigenvalue weighted by atomic mass is 9.91. The number of benzene rings is 2. The number of ether oxygens (including phenoxy) is 4. The third-order valence-corrected chi connectivity index (χ3v) is 8.91. The molecule has 5 rings (SSSR count). The van der Waals surface area contributed by atoms with E-state index < -0.39 is 71.0 Å². The Labute approximate surface area is 328 Å². The van der Waals surface area contributed by atoms with Gasteiger partial charge < -0.3 is 18.9 Å². The van der Waals surface area contributed by atoms with Crippen molar-refractivity contribution in [1.82, 2.24) is 25.6 Å². The Balaban J connectivity index is 1.58. The van der Waals surface area contributed by atoms with Gasteiger partial charge in [-0.2, -0.15) is 26.3 Å². The van der Waals surface area contributed by atoms with Gasteiger partial charge >= 0.3 is 30.5 Å². The topological polar surface area (TPSA) is 154 Å². The molecule has 2 amide bonds. The highest BCUT2D eigenvalue weighted by atomic mass is 19.4. The molecule has 3 atom stereocenters. The number of nitrogens with zero attached hydrogens (tertiary/aromatic N) is 4. The Bertz CT molecular complexity index is 2080. The lowest BCUT2D eigenvalue weighted by Gasteiger charge is -2.40. The summed E-state index contributed by atoms with van der Waals surface area (Å²) in [4.78, 5) is 52.8. The Hall–Kier alpha value is -6.24. The van der Waals surface area contributed by atoms with Gasteiger partial charge in [0, 0.05) is 30.1 Å². The van der Waals surface area contributed by atoms with Crippen molar-refractivity contribution in [3.05, 3.63) is 118 Å². The van der Waals surface area contributed by atoms with E-state index in [9.17, 15) is 40.7 Å². The molecule has 0 saturated heterocycles. The minimum Gasteiger partial charge on any atom is -0.481 e. The number of anilines is 1. The molecule has 3 heterocycles. The number of alkyl carbamates (subject to hydrolysis) is 1. The number of aromatic nitrogens is 3. The van der Waals surface area contributed by atoms with Crippen LogP contribution in [0.15, 0.2) is 78.8 Å². The van der Waals surface area contributed by atoms with Gasteiger partial charge in [-0.25, -0.2) is 29.3 Å². The average molecular weight is 817 g/mol. The second kappa shape index (κ2) is 18.4. The van der Waals surface area contributed by atoms with E-state index in [0.29, 0.717) is 24.1 Å². The third kappa shape index (κ3) is 10.4. The standard InChI is InChI=1S/C39H38F6N6O7/c1-5-27-18-28(33-30(12-13-31(50-33)55-3)51(27)37(54)57-6-2)48-32(24-15-25(38(40,41)42)17-26(16-24)39(43,44)45)34-46-19-23(20-47-34)14-29(35(52)56-4)49-36(53)58-21-22-10-8-7-9-11-22/h7-17,19-20,27-28,32,48H,5-6,18,21H2,1-4H3,(H,49,53)/b29-14-/t27-,28+,32?/m1/s1. The van der Waals surface area contributed by atoms with Crippen LogP contribution in [0.2, 0.25) is 0 Å². The number of carbonyl (C=O) groups excluding carboxylic acids is 3. The highest BCUT2D eigenvalue weighted by molar-refractivity contribution is 5.96. The van der Waals surface area contributed by atoms with Crippen molar-refractivity contribution in [2.24, 2.45) is 0 Å². The van der Waals surface area contributed by atoms with Gasteiger partial charge in [-0.3, -0.25) is 15.5 Å². The average Bonchev–Trinajstić information content (AvgIpc) is 3.20. The first-order valence-corrected chi connectivity index (χ1v) is 17.7. The number of esters is 1. The molecular formula is C39H38F6N6O7. The molecule has 0 aliphatic carbocycles. The SMILES string of the molecule is CCOC(=O)N1c2ccc(OC)nc2[C@@H](NC(c2cc(C(F)(F)F)cc(C(F)(F)F)c2)c2ncc(/C=C(\NC(=O)OCc3ccccc3)C(=O)OC)cn2)C[C@H]1CC. The molecular weight excluding hydrogens is 778 g/mol. The maximum absolute atomic E-state index is 14.1. The Morgan fingerprint density at radius 2 is 1.57 bits per heavy atom. The number of hydrogen-bond donors (Lipinski definition) is 2. The van der Waals surface area contributed by atoms with E-state index in [1.165, 1.54) is 18.1 Å². The summed E-state index contributed by atoms with van der Waals surface area (Å²) in [6.07, 6.45) is -8.14. The van der Waals surface area contributed by atoms with Crippen LogP contribution in [0.3, 0.4) is 0 Å². The van der Waals surface area contributed by atoms with Crippen molar-refractivity contribution in [3.8, 4) is 5.88 Å². The highest BCUT2D eigenvalue weighted by Crippen LogP contribution is 2.42. The predicted octanol–water partition coefficient (Wildman–Crippen LogP) is 7.92. The third-order valence-electron chi connectivity index (χ3n) is 8.91. The Kier molecular flexibility index (Phi) is 13.6. The van der Waals surface area contributed by atoms with E-state index in [-0.39, 0.29) is 54.4 Å². The number of pyridine rings is 1. The smallest absolute Gasteiger partial charge is 0.416 e. The number of hydrogen-bond acceptors (Lipinski definition) is 11. The van der Waals surface area contributed by atoms with Crippen molar-refractivity contribution in [2.75, 3.05) is 25.7 Å². The summed E-state index contributed by atoms with van der Waals surface area (Å²) >= 11 is 0. The molecule has 13 nitrogen and oxygen atoms in total. The summed E-state index contributed by atoms with van der Waals surface area (Å²) in [5.74, 6) is -1.14. The zero-order chi connectivity index (χ0) is 42.2. The van der Waals surface area contributed by atoms with Gasteiger partial charge in [-0.05, 0) is 61.2 Å². The van der Waals surface area contributed by atoms with Crippen LogP contribution in [-0.4, -0.2) is 60.0 Å². The van der Waals surface area contributed by atoms with Crippen LogP contribution in [0.25, 0.3) is 6.08 Å². The molecule has 1 aliphatic rings. The second-order valence-electron chi connectivity index (χ2n) is 12.7. The number of nitrogens with one attached hydrogen (secondary N) is 2. The maximum Gasteiger partial charge on any atom is 0.416 e. The van der Waals surface area contributed by atoms with Crippen LogP contribution >= 0.6 is 0 Å². The molecule has 1 aliphatic heterocycles. The summed E-state index contributed by atoms with van der Waals surface area (Å²) in [7, 11) is 2.41. The Morgan fingerprint density at radius 3 is 2.14 bits per heavy atom. The number of halogens is 6. The molecule has 2 aromatic heterocycles. The van der Waals surface area contributed by atoms with Gasteiger partial charge in [0.25, 0.3) is 0 Å². The fourth-order valence-electron chi connectivity index (χ4n) is 6.18. The van der Waals surface area contributed by atoms with Gasteiger partial charge in [-0.1, -0.05) is 37.3 Å². The molecule has 0 fully saturated rings. The van der Waals surface area contributed by atoms with Crippen LogP contribution < -0.4 is 20.3 Å². The zero-order valence-electron chi connectivity index (χ0n) is 31.5. The van der Waals surface area contributed by atoms with Crippen molar-refractivity contribution in [1.29, 1.82) is 0 Å². The summed E-state index contributed by atoms with van der Waals surface area (Å²) in [5.41, 5.74) is -2.80. The number of carbonyl (C=O) groups is 3. The molecule has 4 aromatic rings. The molecule has 58 heavy (non-hydrogen) atoms. The first kappa shape index (κ1) is 42.9. The van der Waals surface area contributed by atoms with Crippen LogP contribution in [-0.2, 0) is 38.0 Å². The molecule has 0 saturated carbocycles. The fraction of sp³-hybridized carbons (Fsp3) is 0.333. The predicted molar refractivity (Wildman–Crippen MR) is 195 cm³/mol. The van der Waals surface area contributed by atoms with E-state index in [0.717, 1.165) is 25.6 Å². The molecule has 19 heteroatoms. The van der Waals surface area contributed by atoms with Crippen LogP contribution in [0.1, 0.15) is 78.1 Å². The minimum absolute atomic E-state index is 0.00811. The lowest BCUT2D eigenvalue weighted by Crippen LogP contribution is -2.48. The minimum atomic E-state index is -5.17. The van der Waals surface area contributed by atoms with Crippen LogP contribution in [0.4, 0.5) is 41.6 Å². The zero-order valence-corrected chi connectivity index (χ0v) is 31.5. The molecule has 0 radical (unpaired) electrons.